The SMILES string of the molecule is c1ccc(CN2CCC(N3CCC4(CCNC4)C3)C2)cc1. The minimum Gasteiger partial charge on any atom is -0.316 e. The monoisotopic (exact) mass is 285 g/mol. The molecule has 3 fully saturated rings. The molecule has 3 heterocycles. The van der Waals surface area contributed by atoms with E-state index in [9.17, 15) is 0 Å². The maximum Gasteiger partial charge on any atom is 0.0235 e. The van der Waals surface area contributed by atoms with E-state index in [4.69, 9.17) is 0 Å². The third-order valence-corrected chi connectivity index (χ3v) is 5.81. The van der Waals surface area contributed by atoms with Crippen molar-refractivity contribution in [2.24, 2.45) is 5.41 Å². The number of likely N-dealkylation sites (tertiary alicyclic amines) is 2. The number of benzene rings is 1. The van der Waals surface area contributed by atoms with Crippen molar-refractivity contribution in [2.45, 2.75) is 31.8 Å². The van der Waals surface area contributed by atoms with E-state index in [1.807, 2.05) is 0 Å². The predicted molar refractivity (Wildman–Crippen MR) is 86.2 cm³/mol. The Morgan fingerprint density at radius 3 is 2.86 bits per heavy atom. The highest BCUT2D eigenvalue weighted by atomic mass is 15.3. The zero-order valence-electron chi connectivity index (χ0n) is 12.9. The molecule has 0 bridgehead atoms. The minimum atomic E-state index is 0.618. The van der Waals surface area contributed by atoms with Crippen molar-refractivity contribution in [2.75, 3.05) is 39.3 Å². The first-order valence-electron chi connectivity index (χ1n) is 8.54. The molecule has 3 saturated heterocycles. The van der Waals surface area contributed by atoms with Crippen molar-refractivity contribution < 1.29 is 0 Å². The molecular weight excluding hydrogens is 258 g/mol. The first-order valence-corrected chi connectivity index (χ1v) is 8.54. The molecule has 1 N–H and O–H groups in total. The molecule has 114 valence electrons. The molecule has 0 radical (unpaired) electrons. The number of rotatable bonds is 3. The van der Waals surface area contributed by atoms with E-state index < -0.39 is 0 Å². The van der Waals surface area contributed by atoms with Gasteiger partial charge in [0.15, 0.2) is 0 Å². The molecule has 0 amide bonds. The number of nitrogens with one attached hydrogen (secondary N) is 1. The maximum absolute atomic E-state index is 3.57. The average Bonchev–Trinajstić information content (AvgIpc) is 3.23. The van der Waals surface area contributed by atoms with Crippen molar-refractivity contribution >= 4 is 0 Å². The van der Waals surface area contributed by atoms with Crippen LogP contribution in [0.25, 0.3) is 0 Å². The van der Waals surface area contributed by atoms with Crippen LogP contribution in [0.4, 0.5) is 0 Å². The van der Waals surface area contributed by atoms with Crippen molar-refractivity contribution in [1.82, 2.24) is 15.1 Å². The third kappa shape index (κ3) is 2.87. The summed E-state index contributed by atoms with van der Waals surface area (Å²) in [4.78, 5) is 5.43. The average molecular weight is 285 g/mol. The second kappa shape index (κ2) is 5.71. The van der Waals surface area contributed by atoms with Gasteiger partial charge in [-0.15, -0.1) is 0 Å². The Bertz CT molecular complexity index is 467. The molecule has 1 aromatic rings. The topological polar surface area (TPSA) is 18.5 Å². The summed E-state index contributed by atoms with van der Waals surface area (Å²) in [6, 6.07) is 11.7. The van der Waals surface area contributed by atoms with E-state index in [0.717, 1.165) is 12.6 Å². The van der Waals surface area contributed by atoms with Crippen LogP contribution in [0.2, 0.25) is 0 Å². The molecular formula is C18H27N3. The minimum absolute atomic E-state index is 0.618. The summed E-state index contributed by atoms with van der Waals surface area (Å²) in [6.07, 6.45) is 4.16. The molecule has 2 atom stereocenters. The summed E-state index contributed by atoms with van der Waals surface area (Å²) in [5, 5.41) is 3.57. The molecule has 3 aliphatic rings. The van der Waals surface area contributed by atoms with Gasteiger partial charge in [0.2, 0.25) is 0 Å². The van der Waals surface area contributed by atoms with Crippen molar-refractivity contribution in [1.29, 1.82) is 0 Å². The molecule has 3 nitrogen and oxygen atoms in total. The van der Waals surface area contributed by atoms with E-state index in [2.05, 4.69) is 45.4 Å². The van der Waals surface area contributed by atoms with Gasteiger partial charge in [0, 0.05) is 38.8 Å². The van der Waals surface area contributed by atoms with E-state index >= 15 is 0 Å². The first kappa shape index (κ1) is 13.7. The fourth-order valence-corrected chi connectivity index (χ4v) is 4.52. The lowest BCUT2D eigenvalue weighted by Crippen LogP contribution is -2.38. The van der Waals surface area contributed by atoms with Gasteiger partial charge in [-0.05, 0) is 43.3 Å². The molecule has 3 aliphatic heterocycles. The van der Waals surface area contributed by atoms with Crippen molar-refractivity contribution in [3.63, 3.8) is 0 Å². The van der Waals surface area contributed by atoms with Gasteiger partial charge < -0.3 is 5.32 Å². The molecule has 21 heavy (non-hydrogen) atoms. The molecule has 4 rings (SSSR count). The Morgan fingerprint density at radius 1 is 1.14 bits per heavy atom. The maximum atomic E-state index is 3.57. The van der Waals surface area contributed by atoms with Gasteiger partial charge in [0.05, 0.1) is 0 Å². The molecule has 1 aromatic carbocycles. The molecule has 0 saturated carbocycles. The highest BCUT2D eigenvalue weighted by Crippen LogP contribution is 2.38. The summed E-state index contributed by atoms with van der Waals surface area (Å²) in [5.41, 5.74) is 2.07. The fourth-order valence-electron chi connectivity index (χ4n) is 4.52. The zero-order chi connectivity index (χ0) is 14.1. The van der Waals surface area contributed by atoms with Gasteiger partial charge in [-0.1, -0.05) is 30.3 Å². The number of hydrogen-bond acceptors (Lipinski definition) is 3. The lowest BCUT2D eigenvalue weighted by atomic mass is 9.86. The second-order valence-electron chi connectivity index (χ2n) is 7.31. The van der Waals surface area contributed by atoms with Gasteiger partial charge in [0.1, 0.15) is 0 Å². The van der Waals surface area contributed by atoms with Crippen LogP contribution in [-0.2, 0) is 6.54 Å². The van der Waals surface area contributed by atoms with Gasteiger partial charge in [0.25, 0.3) is 0 Å². The van der Waals surface area contributed by atoms with Crippen LogP contribution < -0.4 is 5.32 Å². The van der Waals surface area contributed by atoms with E-state index in [1.165, 1.54) is 64.1 Å². The molecule has 2 unspecified atom stereocenters. The number of hydrogen-bond donors (Lipinski definition) is 1. The molecule has 3 heteroatoms. The lowest BCUT2D eigenvalue weighted by molar-refractivity contribution is 0.203. The fraction of sp³-hybridized carbons (Fsp3) is 0.667. The molecule has 0 aliphatic carbocycles. The van der Waals surface area contributed by atoms with Crippen LogP contribution in [0.1, 0.15) is 24.8 Å². The van der Waals surface area contributed by atoms with Crippen LogP contribution in [0.15, 0.2) is 30.3 Å². The van der Waals surface area contributed by atoms with Crippen LogP contribution in [-0.4, -0.2) is 55.1 Å². The first-order chi connectivity index (χ1) is 10.3. The second-order valence-corrected chi connectivity index (χ2v) is 7.31. The quantitative estimate of drug-likeness (QED) is 0.916. The van der Waals surface area contributed by atoms with Gasteiger partial charge >= 0.3 is 0 Å². The summed E-state index contributed by atoms with van der Waals surface area (Å²) >= 11 is 0. The summed E-state index contributed by atoms with van der Waals surface area (Å²) in [5.74, 6) is 0. The van der Waals surface area contributed by atoms with Gasteiger partial charge in [-0.2, -0.15) is 0 Å². The summed E-state index contributed by atoms with van der Waals surface area (Å²) in [7, 11) is 0. The van der Waals surface area contributed by atoms with E-state index in [-0.39, 0.29) is 0 Å². The van der Waals surface area contributed by atoms with E-state index in [1.54, 1.807) is 0 Å². The van der Waals surface area contributed by atoms with Crippen molar-refractivity contribution in [3.8, 4) is 0 Å². The summed E-state index contributed by atoms with van der Waals surface area (Å²) < 4.78 is 0. The van der Waals surface area contributed by atoms with Crippen LogP contribution >= 0.6 is 0 Å². The third-order valence-electron chi connectivity index (χ3n) is 5.81. The number of nitrogens with zero attached hydrogens (tertiary/aromatic N) is 2. The highest BCUT2D eigenvalue weighted by molar-refractivity contribution is 5.14. The van der Waals surface area contributed by atoms with Gasteiger partial charge in [-0.3, -0.25) is 9.80 Å². The highest BCUT2D eigenvalue weighted by Gasteiger charge is 2.43. The molecule has 0 aromatic heterocycles. The Hall–Kier alpha value is -0.900. The Balaban J connectivity index is 1.32. The standard InChI is InChI=1S/C18H27N3/c1-2-4-16(5-3-1)12-20-10-6-17(13-20)21-11-8-18(15-21)7-9-19-14-18/h1-5,17,19H,6-15H2. The molecule has 1 spiro atoms. The van der Waals surface area contributed by atoms with Crippen molar-refractivity contribution in [3.05, 3.63) is 35.9 Å². The van der Waals surface area contributed by atoms with Crippen LogP contribution in [0.3, 0.4) is 0 Å². The largest absolute Gasteiger partial charge is 0.316 e. The summed E-state index contributed by atoms with van der Waals surface area (Å²) in [6.45, 7) is 8.80. The Kier molecular flexibility index (Phi) is 3.74. The normalized spacial score (nSPS) is 34.2. The predicted octanol–water partition coefficient (Wildman–Crippen LogP) is 1.95. The smallest absolute Gasteiger partial charge is 0.0235 e. The van der Waals surface area contributed by atoms with Gasteiger partial charge in [-0.25, -0.2) is 0 Å². The Labute approximate surface area is 128 Å². The Morgan fingerprint density at radius 2 is 2.05 bits per heavy atom. The van der Waals surface area contributed by atoms with Crippen LogP contribution in [0.5, 0.6) is 0 Å². The van der Waals surface area contributed by atoms with Crippen LogP contribution in [0, 0.1) is 5.41 Å². The van der Waals surface area contributed by atoms with E-state index in [0.29, 0.717) is 5.41 Å². The lowest BCUT2D eigenvalue weighted by Gasteiger charge is -2.27. The zero-order valence-corrected chi connectivity index (χ0v) is 12.9.